The second-order valence-electron chi connectivity index (χ2n) is 18.7. The largest absolute Gasteiger partial charge is 0.454 e. The zero-order valence-corrected chi connectivity index (χ0v) is 43.4. The number of aliphatic hydroxyl groups excluding tert-OH is 5. The molecule has 1 saturated heterocycles. The fourth-order valence-electron chi connectivity index (χ4n) is 8.01. The summed E-state index contributed by atoms with van der Waals surface area (Å²) in [5, 5.41) is 56.6. The Labute approximate surface area is 419 Å². The molecule has 0 aliphatic carbocycles. The smallest absolute Gasteiger partial charge is 0.306 e. The summed E-state index contributed by atoms with van der Waals surface area (Å²) in [4.78, 5) is 26.3. The molecule has 0 saturated carbocycles. The van der Waals surface area contributed by atoms with Crippen LogP contribution < -0.4 is 5.32 Å². The van der Waals surface area contributed by atoms with E-state index < -0.39 is 67.4 Å². The molecule has 11 heteroatoms. The van der Waals surface area contributed by atoms with Gasteiger partial charge in [0.1, 0.15) is 24.4 Å². The van der Waals surface area contributed by atoms with Gasteiger partial charge in [-0.25, -0.2) is 0 Å². The molecule has 0 radical (unpaired) electrons. The van der Waals surface area contributed by atoms with E-state index in [1.54, 1.807) is 6.08 Å². The quantitative estimate of drug-likeness (QED) is 0.0149. The van der Waals surface area contributed by atoms with Crippen LogP contribution in [0.5, 0.6) is 0 Å². The van der Waals surface area contributed by atoms with Crippen LogP contribution in [0.1, 0.15) is 207 Å². The molecule has 0 aromatic heterocycles. The Morgan fingerprint density at radius 3 is 1.68 bits per heavy atom. The maximum atomic E-state index is 13.3. The van der Waals surface area contributed by atoms with Crippen LogP contribution in [0.25, 0.3) is 0 Å². The number of esters is 1. The third kappa shape index (κ3) is 34.7. The van der Waals surface area contributed by atoms with Gasteiger partial charge in [-0.15, -0.1) is 0 Å². The first kappa shape index (κ1) is 63.9. The molecule has 6 N–H and O–H groups in total. The van der Waals surface area contributed by atoms with Crippen LogP contribution in [0.4, 0.5) is 0 Å². The highest BCUT2D eigenvalue weighted by Gasteiger charge is 2.47. The van der Waals surface area contributed by atoms with E-state index in [1.807, 2.05) is 54.7 Å². The number of nitrogens with one attached hydrogen (secondary N) is 1. The van der Waals surface area contributed by atoms with Crippen LogP contribution in [0.3, 0.4) is 0 Å². The highest BCUT2D eigenvalue weighted by Crippen LogP contribution is 2.26. The van der Waals surface area contributed by atoms with E-state index in [1.165, 1.54) is 89.9 Å². The second kappa shape index (κ2) is 45.9. The molecule has 69 heavy (non-hydrogen) atoms. The first-order valence-corrected chi connectivity index (χ1v) is 27.4. The number of carbonyl (C=O) groups is 2. The number of hydrogen-bond donors (Lipinski definition) is 6. The van der Waals surface area contributed by atoms with Gasteiger partial charge in [0.05, 0.1) is 25.4 Å². The summed E-state index contributed by atoms with van der Waals surface area (Å²) in [6.07, 6.45) is 47.8. The summed E-state index contributed by atoms with van der Waals surface area (Å²) in [6, 6.07) is -1.05. The van der Waals surface area contributed by atoms with Crippen molar-refractivity contribution in [3.05, 3.63) is 85.1 Å². The van der Waals surface area contributed by atoms with E-state index in [0.717, 1.165) is 70.6 Å². The monoisotopic (exact) mass is 970 g/mol. The summed E-state index contributed by atoms with van der Waals surface area (Å²) < 4.78 is 17.5. The Morgan fingerprint density at radius 1 is 0.594 bits per heavy atom. The number of allylic oxidation sites excluding steroid dienone is 13. The van der Waals surface area contributed by atoms with Crippen molar-refractivity contribution in [2.45, 2.75) is 256 Å². The summed E-state index contributed by atoms with van der Waals surface area (Å²) in [7, 11) is 0. The van der Waals surface area contributed by atoms with Crippen molar-refractivity contribution in [2.75, 3.05) is 13.2 Å². The van der Waals surface area contributed by atoms with Gasteiger partial charge in [0.15, 0.2) is 12.4 Å². The first-order chi connectivity index (χ1) is 33.7. The maximum Gasteiger partial charge on any atom is 0.306 e. The Hall–Kier alpha value is -3.16. The van der Waals surface area contributed by atoms with Crippen molar-refractivity contribution in [2.24, 2.45) is 0 Å². The minimum atomic E-state index is -1.64. The molecule has 1 aliphatic rings. The Kier molecular flexibility index (Phi) is 42.5. The van der Waals surface area contributed by atoms with Crippen molar-refractivity contribution >= 4 is 11.9 Å². The van der Waals surface area contributed by atoms with Gasteiger partial charge in [-0.1, -0.05) is 221 Å². The molecule has 1 fully saturated rings. The van der Waals surface area contributed by atoms with Crippen molar-refractivity contribution < 1.29 is 49.3 Å². The van der Waals surface area contributed by atoms with Gasteiger partial charge in [-0.2, -0.15) is 0 Å². The highest BCUT2D eigenvalue weighted by molar-refractivity contribution is 5.80. The third-order valence-electron chi connectivity index (χ3n) is 12.4. The van der Waals surface area contributed by atoms with Gasteiger partial charge in [0.25, 0.3) is 0 Å². The SMILES string of the molecule is CC/C=C/C=C/C=C/C=C\CCCCCCC(O)C(=O)NC(COC1OC(CO)C(O)C(O)C1OC(=O)CC/C=C/C/C=C\CCCCCCCC)C(O)/C=C/CCCCCCCCCCCCC. The molecule has 8 atom stereocenters. The van der Waals surface area contributed by atoms with Crippen LogP contribution in [-0.2, 0) is 23.8 Å². The van der Waals surface area contributed by atoms with E-state index in [0.29, 0.717) is 12.8 Å². The summed E-state index contributed by atoms with van der Waals surface area (Å²) in [5.41, 5.74) is 0. The number of aliphatic hydroxyl groups is 5. The first-order valence-electron chi connectivity index (χ1n) is 27.4. The molecule has 1 rings (SSSR count). The summed E-state index contributed by atoms with van der Waals surface area (Å²) >= 11 is 0. The number of rotatable bonds is 44. The fraction of sp³-hybridized carbons (Fsp3) is 0.724. The second-order valence-corrected chi connectivity index (χ2v) is 18.7. The van der Waals surface area contributed by atoms with Gasteiger partial charge >= 0.3 is 5.97 Å². The Balaban J connectivity index is 2.83. The third-order valence-corrected chi connectivity index (χ3v) is 12.4. The number of amides is 1. The van der Waals surface area contributed by atoms with Gasteiger partial charge in [0, 0.05) is 6.42 Å². The predicted octanol–water partition coefficient (Wildman–Crippen LogP) is 11.8. The molecule has 396 valence electrons. The molecule has 0 bridgehead atoms. The van der Waals surface area contributed by atoms with Crippen molar-refractivity contribution in [3.8, 4) is 0 Å². The lowest BCUT2D eigenvalue weighted by Crippen LogP contribution is -2.61. The molecule has 1 heterocycles. The molecule has 0 aromatic rings. The van der Waals surface area contributed by atoms with Crippen LogP contribution >= 0.6 is 0 Å². The van der Waals surface area contributed by atoms with Crippen LogP contribution in [0, 0.1) is 0 Å². The standard InChI is InChI=1S/C58H99NO10/c1-4-7-10-13-16-19-22-25-28-30-33-36-39-42-45-51(62)57(66)59-49(50(61)44-41-38-35-32-29-26-23-20-17-14-11-8-5-2)48-67-58-56(55(65)54(64)52(47-60)68-58)69-53(63)46-43-40-37-34-31-27-24-21-18-15-12-9-6-3/h7,10,13,16,19,22,25,27-28,31,37,40-41,44,49-52,54-56,58,60-62,64-65H,4-6,8-9,11-12,14-15,17-18,20-21,23-24,26,29-30,32-36,38-39,42-43,45-48H2,1-3H3,(H,59,66)/b10-7+,16-13+,22-19+,28-25-,31-27-,40-37+,44-41+. The molecule has 0 spiro atoms. The topological polar surface area (TPSA) is 175 Å². The van der Waals surface area contributed by atoms with E-state index in [9.17, 15) is 35.1 Å². The van der Waals surface area contributed by atoms with E-state index in [-0.39, 0.29) is 19.4 Å². The van der Waals surface area contributed by atoms with E-state index >= 15 is 0 Å². The van der Waals surface area contributed by atoms with Gasteiger partial charge in [0.2, 0.25) is 5.91 Å². The normalized spacial score (nSPS) is 20.5. The predicted molar refractivity (Wildman–Crippen MR) is 282 cm³/mol. The summed E-state index contributed by atoms with van der Waals surface area (Å²) in [6.45, 7) is 5.56. The summed E-state index contributed by atoms with van der Waals surface area (Å²) in [5.74, 6) is -1.30. The molecule has 0 aromatic carbocycles. The van der Waals surface area contributed by atoms with Crippen LogP contribution in [0.15, 0.2) is 85.1 Å². The van der Waals surface area contributed by atoms with Gasteiger partial charge in [-0.3, -0.25) is 9.59 Å². The molecule has 8 unspecified atom stereocenters. The number of carbonyl (C=O) groups excluding carboxylic acids is 2. The highest BCUT2D eigenvalue weighted by atomic mass is 16.7. The lowest BCUT2D eigenvalue weighted by atomic mass is 9.99. The molecule has 1 amide bonds. The van der Waals surface area contributed by atoms with Crippen molar-refractivity contribution in [1.29, 1.82) is 0 Å². The van der Waals surface area contributed by atoms with Gasteiger partial charge < -0.3 is 45.1 Å². The average molecular weight is 970 g/mol. The zero-order valence-electron chi connectivity index (χ0n) is 43.4. The minimum Gasteiger partial charge on any atom is -0.454 e. The van der Waals surface area contributed by atoms with E-state index in [4.69, 9.17) is 14.2 Å². The van der Waals surface area contributed by atoms with Gasteiger partial charge in [-0.05, 0) is 64.2 Å². The number of unbranched alkanes of at least 4 members (excludes halogenated alkanes) is 21. The number of hydrogen-bond acceptors (Lipinski definition) is 10. The number of ether oxygens (including phenoxy) is 3. The molecule has 11 nitrogen and oxygen atoms in total. The van der Waals surface area contributed by atoms with E-state index in [2.05, 4.69) is 50.4 Å². The minimum absolute atomic E-state index is 0.0108. The molecular formula is C58H99NO10. The maximum absolute atomic E-state index is 13.3. The fourth-order valence-corrected chi connectivity index (χ4v) is 8.01. The van der Waals surface area contributed by atoms with Crippen molar-refractivity contribution in [1.82, 2.24) is 5.32 Å². The lowest BCUT2D eigenvalue weighted by Gasteiger charge is -2.41. The Morgan fingerprint density at radius 2 is 1.10 bits per heavy atom. The molecule has 1 aliphatic heterocycles. The van der Waals surface area contributed by atoms with Crippen LogP contribution in [-0.4, -0.2) is 99.6 Å². The van der Waals surface area contributed by atoms with Crippen LogP contribution in [0.2, 0.25) is 0 Å². The Bertz CT molecular complexity index is 1440. The average Bonchev–Trinajstić information content (AvgIpc) is 3.34. The van der Waals surface area contributed by atoms with Crippen molar-refractivity contribution in [3.63, 3.8) is 0 Å². The lowest BCUT2D eigenvalue weighted by molar-refractivity contribution is -0.305. The molecular weight excluding hydrogens is 871 g/mol. The zero-order chi connectivity index (χ0) is 50.4.